The standard InChI is InChI=1S/C14H12ClN5O2/c1-20-4-2-3-11(20)14(22)19-18-13(21)9-5-8-6-12(15)16-7-10(8)17-9/h2-7,17H,1H3,(H,18,21)(H,19,22). The fraction of sp³-hybridized carbons (Fsp3) is 0.0714. The number of H-pyrrole nitrogens is 1. The quantitative estimate of drug-likeness (QED) is 0.495. The van der Waals surface area contributed by atoms with Gasteiger partial charge in [0.05, 0.1) is 11.7 Å². The van der Waals surface area contributed by atoms with Crippen molar-refractivity contribution in [1.82, 2.24) is 25.4 Å². The molecule has 8 heteroatoms. The Kier molecular flexibility index (Phi) is 3.56. The Morgan fingerprint density at radius 3 is 2.77 bits per heavy atom. The van der Waals surface area contributed by atoms with Gasteiger partial charge >= 0.3 is 0 Å². The summed E-state index contributed by atoms with van der Waals surface area (Å²) in [6, 6.07) is 6.67. The first kappa shape index (κ1) is 14.2. The Morgan fingerprint density at radius 2 is 2.05 bits per heavy atom. The Bertz CT molecular complexity index is 867. The summed E-state index contributed by atoms with van der Waals surface area (Å²) >= 11 is 5.80. The fourth-order valence-electron chi connectivity index (χ4n) is 2.07. The average Bonchev–Trinajstić information content (AvgIpc) is 3.09. The first-order chi connectivity index (χ1) is 10.5. The van der Waals surface area contributed by atoms with Crippen LogP contribution in [0.4, 0.5) is 0 Å². The Morgan fingerprint density at radius 1 is 1.27 bits per heavy atom. The third-order valence-corrected chi connectivity index (χ3v) is 3.39. The number of hydrogen-bond donors (Lipinski definition) is 3. The summed E-state index contributed by atoms with van der Waals surface area (Å²) < 4.78 is 1.65. The van der Waals surface area contributed by atoms with Gasteiger partial charge in [-0.05, 0) is 24.3 Å². The molecule has 0 saturated heterocycles. The number of hydrazine groups is 1. The van der Waals surface area contributed by atoms with Gasteiger partial charge in [-0.15, -0.1) is 0 Å². The van der Waals surface area contributed by atoms with Gasteiger partial charge in [-0.1, -0.05) is 11.6 Å². The highest BCUT2D eigenvalue weighted by molar-refractivity contribution is 6.30. The third-order valence-electron chi connectivity index (χ3n) is 3.18. The highest BCUT2D eigenvalue weighted by atomic mass is 35.5. The Hall–Kier alpha value is -2.80. The van der Waals surface area contributed by atoms with Gasteiger partial charge in [0.15, 0.2) is 0 Å². The molecule has 112 valence electrons. The van der Waals surface area contributed by atoms with E-state index in [-0.39, 0.29) is 0 Å². The lowest BCUT2D eigenvalue weighted by Gasteiger charge is -2.06. The normalized spacial score (nSPS) is 10.6. The number of fused-ring (bicyclic) bond motifs is 1. The number of carbonyl (C=O) groups is 2. The molecule has 0 atom stereocenters. The maximum absolute atomic E-state index is 12.0. The molecule has 0 fully saturated rings. The SMILES string of the molecule is Cn1cccc1C(=O)NNC(=O)c1cc2cc(Cl)ncc2[nH]1. The number of nitrogens with zero attached hydrogens (tertiary/aromatic N) is 2. The number of pyridine rings is 1. The first-order valence-corrected chi connectivity index (χ1v) is 6.78. The van der Waals surface area contributed by atoms with Gasteiger partial charge in [-0.2, -0.15) is 0 Å². The summed E-state index contributed by atoms with van der Waals surface area (Å²) in [5, 5.41) is 1.11. The zero-order valence-electron chi connectivity index (χ0n) is 11.6. The van der Waals surface area contributed by atoms with Gasteiger partial charge in [-0.25, -0.2) is 4.98 Å². The summed E-state index contributed by atoms with van der Waals surface area (Å²) in [7, 11) is 1.74. The highest BCUT2D eigenvalue weighted by Crippen LogP contribution is 2.17. The van der Waals surface area contributed by atoms with Crippen molar-refractivity contribution < 1.29 is 9.59 Å². The zero-order valence-corrected chi connectivity index (χ0v) is 12.3. The first-order valence-electron chi connectivity index (χ1n) is 6.41. The van der Waals surface area contributed by atoms with E-state index in [4.69, 9.17) is 11.6 Å². The van der Waals surface area contributed by atoms with Crippen LogP contribution in [0.3, 0.4) is 0 Å². The minimum absolute atomic E-state index is 0.297. The third kappa shape index (κ3) is 2.66. The Balaban J connectivity index is 1.71. The molecule has 3 aromatic rings. The largest absolute Gasteiger partial charge is 0.349 e. The molecule has 0 saturated carbocycles. The second-order valence-electron chi connectivity index (χ2n) is 4.69. The minimum Gasteiger partial charge on any atom is -0.349 e. The monoisotopic (exact) mass is 317 g/mol. The molecule has 0 aliphatic heterocycles. The van der Waals surface area contributed by atoms with Crippen LogP contribution in [0.2, 0.25) is 5.15 Å². The molecule has 3 N–H and O–H groups in total. The van der Waals surface area contributed by atoms with Crippen LogP contribution in [0, 0.1) is 0 Å². The molecule has 0 aromatic carbocycles. The molecule has 0 aliphatic rings. The van der Waals surface area contributed by atoms with E-state index in [1.54, 1.807) is 42.1 Å². The number of nitrogens with one attached hydrogen (secondary N) is 3. The number of halogens is 1. The molecule has 0 bridgehead atoms. The lowest BCUT2D eigenvalue weighted by Crippen LogP contribution is -2.42. The van der Waals surface area contributed by atoms with E-state index in [0.29, 0.717) is 22.1 Å². The minimum atomic E-state index is -0.463. The molecule has 7 nitrogen and oxygen atoms in total. The zero-order chi connectivity index (χ0) is 15.7. The molecule has 3 heterocycles. The summed E-state index contributed by atoms with van der Waals surface area (Å²) in [6.45, 7) is 0. The van der Waals surface area contributed by atoms with Crippen molar-refractivity contribution in [3.05, 3.63) is 53.2 Å². The van der Waals surface area contributed by atoms with E-state index in [1.165, 1.54) is 6.20 Å². The molecule has 0 spiro atoms. The number of hydrogen-bond acceptors (Lipinski definition) is 3. The molecular formula is C14H12ClN5O2. The van der Waals surface area contributed by atoms with Crippen molar-refractivity contribution in [2.45, 2.75) is 0 Å². The molecular weight excluding hydrogens is 306 g/mol. The van der Waals surface area contributed by atoms with Crippen LogP contribution >= 0.6 is 11.6 Å². The number of aromatic nitrogens is 3. The van der Waals surface area contributed by atoms with E-state index < -0.39 is 11.8 Å². The number of amides is 2. The van der Waals surface area contributed by atoms with Gasteiger partial charge in [-0.3, -0.25) is 20.4 Å². The van der Waals surface area contributed by atoms with Crippen molar-refractivity contribution in [2.75, 3.05) is 0 Å². The Labute approximate surface area is 130 Å². The van der Waals surface area contributed by atoms with E-state index >= 15 is 0 Å². The molecule has 3 aromatic heterocycles. The van der Waals surface area contributed by atoms with E-state index in [2.05, 4.69) is 20.8 Å². The van der Waals surface area contributed by atoms with E-state index in [9.17, 15) is 9.59 Å². The van der Waals surface area contributed by atoms with Crippen molar-refractivity contribution in [2.24, 2.45) is 7.05 Å². The van der Waals surface area contributed by atoms with Crippen LogP contribution in [0.25, 0.3) is 10.9 Å². The lowest BCUT2D eigenvalue weighted by atomic mass is 10.3. The van der Waals surface area contributed by atoms with Crippen LogP contribution in [0.5, 0.6) is 0 Å². The second kappa shape index (κ2) is 5.53. The molecule has 0 aliphatic carbocycles. The summed E-state index contributed by atoms with van der Waals surface area (Å²) in [5.74, 6) is -0.864. The molecule has 0 radical (unpaired) electrons. The average molecular weight is 318 g/mol. The number of aromatic amines is 1. The van der Waals surface area contributed by atoms with Crippen LogP contribution in [0.1, 0.15) is 21.0 Å². The van der Waals surface area contributed by atoms with Crippen LogP contribution in [-0.4, -0.2) is 26.3 Å². The summed E-state index contributed by atoms with van der Waals surface area (Å²) in [4.78, 5) is 30.8. The smallest absolute Gasteiger partial charge is 0.286 e. The van der Waals surface area contributed by atoms with Crippen molar-refractivity contribution in [1.29, 1.82) is 0 Å². The van der Waals surface area contributed by atoms with Crippen molar-refractivity contribution >= 4 is 34.3 Å². The van der Waals surface area contributed by atoms with Crippen molar-refractivity contribution in [3.63, 3.8) is 0 Å². The molecule has 2 amide bonds. The fourth-order valence-corrected chi connectivity index (χ4v) is 2.24. The molecule has 22 heavy (non-hydrogen) atoms. The van der Waals surface area contributed by atoms with Gasteiger partial charge in [0, 0.05) is 18.6 Å². The number of rotatable bonds is 2. The van der Waals surface area contributed by atoms with E-state index in [1.807, 2.05) is 0 Å². The number of carbonyl (C=O) groups excluding carboxylic acids is 2. The van der Waals surface area contributed by atoms with Crippen LogP contribution in [-0.2, 0) is 7.05 Å². The summed E-state index contributed by atoms with van der Waals surface area (Å²) in [6.07, 6.45) is 3.28. The van der Waals surface area contributed by atoms with Gasteiger partial charge in [0.25, 0.3) is 11.8 Å². The second-order valence-corrected chi connectivity index (χ2v) is 5.08. The van der Waals surface area contributed by atoms with Gasteiger partial charge in [0.2, 0.25) is 0 Å². The van der Waals surface area contributed by atoms with Crippen molar-refractivity contribution in [3.8, 4) is 0 Å². The maximum atomic E-state index is 12.0. The van der Waals surface area contributed by atoms with Gasteiger partial charge in [0.1, 0.15) is 16.5 Å². The number of aryl methyl sites for hydroxylation is 1. The predicted molar refractivity (Wildman–Crippen MR) is 81.4 cm³/mol. The topological polar surface area (TPSA) is 91.8 Å². The maximum Gasteiger partial charge on any atom is 0.286 e. The van der Waals surface area contributed by atoms with E-state index in [0.717, 1.165) is 5.39 Å². The van der Waals surface area contributed by atoms with Gasteiger partial charge < -0.3 is 9.55 Å². The lowest BCUT2D eigenvalue weighted by molar-refractivity contribution is 0.0840. The van der Waals surface area contributed by atoms with Crippen LogP contribution < -0.4 is 10.9 Å². The predicted octanol–water partition coefficient (Wildman–Crippen LogP) is 1.63. The highest BCUT2D eigenvalue weighted by Gasteiger charge is 2.13. The van der Waals surface area contributed by atoms with Crippen LogP contribution in [0.15, 0.2) is 36.7 Å². The summed E-state index contributed by atoms with van der Waals surface area (Å²) in [5.41, 5.74) is 6.13. The molecule has 0 unspecified atom stereocenters. The molecule has 3 rings (SSSR count).